The van der Waals surface area contributed by atoms with E-state index in [-0.39, 0.29) is 17.5 Å². The molecule has 1 fully saturated rings. The van der Waals surface area contributed by atoms with Crippen molar-refractivity contribution in [2.45, 2.75) is 12.8 Å². The molecule has 1 heterocycles. The minimum Gasteiger partial charge on any atom is -0.507 e. The lowest BCUT2D eigenvalue weighted by atomic mass is 9.89. The highest BCUT2D eigenvalue weighted by Gasteiger charge is 2.24. The summed E-state index contributed by atoms with van der Waals surface area (Å²) >= 11 is 0. The van der Waals surface area contributed by atoms with Gasteiger partial charge in [0.1, 0.15) is 17.2 Å². The first-order valence-corrected chi connectivity index (χ1v) is 7.55. The molecule has 1 aliphatic heterocycles. The van der Waals surface area contributed by atoms with Gasteiger partial charge in [0.05, 0.1) is 5.56 Å². The number of piperidine rings is 1. The number of para-hydroxylation sites is 1. The average Bonchev–Trinajstić information content (AvgIpc) is 2.58. The molecule has 0 saturated carbocycles. The summed E-state index contributed by atoms with van der Waals surface area (Å²) in [6.07, 6.45) is 1.62. The number of phenolic OH excluding ortho intramolecular Hbond substituents is 1. The van der Waals surface area contributed by atoms with Gasteiger partial charge >= 0.3 is 0 Å². The Morgan fingerprint density at radius 3 is 2.50 bits per heavy atom. The molecule has 0 unspecified atom stereocenters. The summed E-state index contributed by atoms with van der Waals surface area (Å²) in [5.74, 6) is 1.25. The van der Waals surface area contributed by atoms with Crippen molar-refractivity contribution in [2.75, 3.05) is 13.1 Å². The van der Waals surface area contributed by atoms with Gasteiger partial charge in [-0.2, -0.15) is 0 Å². The number of aromatic hydroxyl groups is 1. The van der Waals surface area contributed by atoms with Crippen LogP contribution < -0.4 is 10.1 Å². The third kappa shape index (κ3) is 3.28. The van der Waals surface area contributed by atoms with Crippen molar-refractivity contribution in [3.05, 3.63) is 54.1 Å². The molecule has 1 saturated heterocycles. The second-order valence-corrected chi connectivity index (χ2v) is 5.48. The summed E-state index contributed by atoms with van der Waals surface area (Å²) in [5, 5.41) is 13.3. The first-order valence-electron chi connectivity index (χ1n) is 7.55. The van der Waals surface area contributed by atoms with E-state index in [0.717, 1.165) is 25.9 Å². The number of nitrogens with one attached hydrogen (secondary N) is 1. The maximum absolute atomic E-state index is 12.6. The van der Waals surface area contributed by atoms with Gasteiger partial charge in [0, 0.05) is 5.92 Å². The predicted octanol–water partition coefficient (Wildman–Crippen LogP) is 3.37. The highest BCUT2D eigenvalue weighted by atomic mass is 16.5. The first kappa shape index (κ1) is 14.6. The Hall–Kier alpha value is -2.33. The van der Waals surface area contributed by atoms with Crippen LogP contribution in [0.3, 0.4) is 0 Å². The molecule has 0 atom stereocenters. The molecule has 114 valence electrons. The molecular formula is C18H19NO3. The van der Waals surface area contributed by atoms with Gasteiger partial charge in [-0.25, -0.2) is 0 Å². The Kier molecular flexibility index (Phi) is 4.39. The van der Waals surface area contributed by atoms with Crippen molar-refractivity contribution in [3.8, 4) is 17.2 Å². The van der Waals surface area contributed by atoms with Crippen LogP contribution in [0.25, 0.3) is 0 Å². The fourth-order valence-electron chi connectivity index (χ4n) is 2.70. The van der Waals surface area contributed by atoms with Gasteiger partial charge in [0.2, 0.25) is 0 Å². The van der Waals surface area contributed by atoms with Gasteiger partial charge in [0.15, 0.2) is 5.78 Å². The third-order valence-corrected chi connectivity index (χ3v) is 3.92. The van der Waals surface area contributed by atoms with Crippen LogP contribution in [0.1, 0.15) is 23.2 Å². The normalized spacial score (nSPS) is 15.5. The molecule has 0 spiro atoms. The summed E-state index contributed by atoms with van der Waals surface area (Å²) in [6, 6.07) is 14.2. The van der Waals surface area contributed by atoms with Crippen molar-refractivity contribution < 1.29 is 14.6 Å². The molecule has 2 aromatic rings. The summed E-state index contributed by atoms with van der Waals surface area (Å²) < 4.78 is 5.74. The number of hydrogen-bond donors (Lipinski definition) is 2. The lowest BCUT2D eigenvalue weighted by molar-refractivity contribution is 0.0892. The summed E-state index contributed by atoms with van der Waals surface area (Å²) in [7, 11) is 0. The number of benzene rings is 2. The van der Waals surface area contributed by atoms with E-state index in [0.29, 0.717) is 17.1 Å². The summed E-state index contributed by atoms with van der Waals surface area (Å²) in [5.41, 5.74) is 0.348. The van der Waals surface area contributed by atoms with Gasteiger partial charge in [0.25, 0.3) is 0 Å². The molecule has 4 heteroatoms. The van der Waals surface area contributed by atoms with E-state index in [9.17, 15) is 9.90 Å². The highest BCUT2D eigenvalue weighted by molar-refractivity contribution is 6.00. The standard InChI is InChI=1S/C18H19NO3/c20-17-7-6-15(22-14-4-2-1-3-5-14)12-16(17)18(21)13-8-10-19-11-9-13/h1-7,12-13,19-20H,8-11H2. The fourth-order valence-corrected chi connectivity index (χ4v) is 2.70. The zero-order valence-electron chi connectivity index (χ0n) is 12.3. The molecule has 4 nitrogen and oxygen atoms in total. The van der Waals surface area contributed by atoms with Gasteiger partial charge in [-0.15, -0.1) is 0 Å². The monoisotopic (exact) mass is 297 g/mol. The van der Waals surface area contributed by atoms with Crippen LogP contribution >= 0.6 is 0 Å². The lowest BCUT2D eigenvalue weighted by Gasteiger charge is -2.21. The van der Waals surface area contributed by atoms with E-state index in [4.69, 9.17) is 4.74 Å². The second-order valence-electron chi connectivity index (χ2n) is 5.48. The third-order valence-electron chi connectivity index (χ3n) is 3.92. The molecular weight excluding hydrogens is 278 g/mol. The van der Waals surface area contributed by atoms with Gasteiger partial charge < -0.3 is 15.2 Å². The number of rotatable bonds is 4. The maximum atomic E-state index is 12.6. The number of Topliss-reactive ketones (excluding diaryl/α,β-unsaturated/α-hetero) is 1. The molecule has 0 bridgehead atoms. The van der Waals surface area contributed by atoms with Crippen LogP contribution in [-0.2, 0) is 0 Å². The van der Waals surface area contributed by atoms with Crippen molar-refractivity contribution >= 4 is 5.78 Å². The Morgan fingerprint density at radius 2 is 1.77 bits per heavy atom. The number of carbonyl (C=O) groups is 1. The van der Waals surface area contributed by atoms with Crippen molar-refractivity contribution in [2.24, 2.45) is 5.92 Å². The van der Waals surface area contributed by atoms with E-state index in [2.05, 4.69) is 5.32 Å². The first-order chi connectivity index (χ1) is 10.7. The van der Waals surface area contributed by atoms with Crippen LogP contribution in [0.2, 0.25) is 0 Å². The number of carbonyl (C=O) groups excluding carboxylic acids is 1. The Bertz CT molecular complexity index is 649. The molecule has 2 aromatic carbocycles. The Labute approximate surface area is 129 Å². The van der Waals surface area contributed by atoms with Crippen LogP contribution in [0.5, 0.6) is 17.2 Å². The zero-order valence-corrected chi connectivity index (χ0v) is 12.3. The van der Waals surface area contributed by atoms with Crippen LogP contribution in [-0.4, -0.2) is 24.0 Å². The largest absolute Gasteiger partial charge is 0.507 e. The van der Waals surface area contributed by atoms with Crippen LogP contribution in [0.15, 0.2) is 48.5 Å². The second kappa shape index (κ2) is 6.62. The smallest absolute Gasteiger partial charge is 0.169 e. The van der Waals surface area contributed by atoms with E-state index < -0.39 is 0 Å². The summed E-state index contributed by atoms with van der Waals surface area (Å²) in [6.45, 7) is 1.69. The van der Waals surface area contributed by atoms with Crippen molar-refractivity contribution in [3.63, 3.8) is 0 Å². The van der Waals surface area contributed by atoms with E-state index in [1.54, 1.807) is 12.1 Å². The van der Waals surface area contributed by atoms with Crippen LogP contribution in [0.4, 0.5) is 0 Å². The SMILES string of the molecule is O=C(c1cc(Oc2ccccc2)ccc1O)C1CCNCC1. The molecule has 3 rings (SSSR count). The van der Waals surface area contributed by atoms with Crippen molar-refractivity contribution in [1.29, 1.82) is 0 Å². The molecule has 2 N–H and O–H groups in total. The lowest BCUT2D eigenvalue weighted by Crippen LogP contribution is -2.31. The highest BCUT2D eigenvalue weighted by Crippen LogP contribution is 2.30. The van der Waals surface area contributed by atoms with Crippen LogP contribution in [0, 0.1) is 5.92 Å². The minimum absolute atomic E-state index is 0.00230. The predicted molar refractivity (Wildman–Crippen MR) is 84.5 cm³/mol. The van der Waals surface area contributed by atoms with Gasteiger partial charge in [-0.3, -0.25) is 4.79 Å². The Balaban J connectivity index is 1.81. The molecule has 0 radical (unpaired) electrons. The van der Waals surface area contributed by atoms with Crippen molar-refractivity contribution in [1.82, 2.24) is 5.32 Å². The van der Waals surface area contributed by atoms with Gasteiger partial charge in [-0.05, 0) is 56.3 Å². The number of phenols is 1. The molecule has 22 heavy (non-hydrogen) atoms. The molecule has 0 aliphatic carbocycles. The number of ether oxygens (including phenoxy) is 1. The number of ketones is 1. The quantitative estimate of drug-likeness (QED) is 0.850. The van der Waals surface area contributed by atoms with E-state index in [1.807, 2.05) is 30.3 Å². The zero-order chi connectivity index (χ0) is 15.4. The molecule has 1 aliphatic rings. The minimum atomic E-state index is -0.0286. The fraction of sp³-hybridized carbons (Fsp3) is 0.278. The topological polar surface area (TPSA) is 58.6 Å². The maximum Gasteiger partial charge on any atom is 0.169 e. The average molecular weight is 297 g/mol. The van der Waals surface area contributed by atoms with Gasteiger partial charge in [-0.1, -0.05) is 18.2 Å². The Morgan fingerprint density at radius 1 is 1.05 bits per heavy atom. The molecule has 0 aromatic heterocycles. The summed E-state index contributed by atoms with van der Waals surface area (Å²) in [4.78, 5) is 12.6. The van der Waals surface area contributed by atoms with E-state index >= 15 is 0 Å². The van der Waals surface area contributed by atoms with E-state index in [1.165, 1.54) is 6.07 Å². The molecule has 0 amide bonds. The number of hydrogen-bond acceptors (Lipinski definition) is 4.